The normalized spacial score (nSPS) is 11.0. The fraction of sp³-hybridized carbons (Fsp3) is 0.385. The number of nitro benzene ring substituents is 1. The van der Waals surface area contributed by atoms with Gasteiger partial charge >= 0.3 is 11.8 Å². The summed E-state index contributed by atoms with van der Waals surface area (Å²) in [5, 5.41) is 12.9. The van der Waals surface area contributed by atoms with Crippen molar-refractivity contribution in [3.8, 4) is 5.75 Å². The molecule has 0 aliphatic heterocycles. The summed E-state index contributed by atoms with van der Waals surface area (Å²) in [4.78, 5) is 21.3. The molecular formula is C13H14F3N3O4. The number of nitroso groups, excluding NO2 is 1. The summed E-state index contributed by atoms with van der Waals surface area (Å²) in [5.41, 5.74) is -2.58. The lowest BCUT2D eigenvalue weighted by Gasteiger charge is -2.29. The highest BCUT2D eigenvalue weighted by atomic mass is 19.3. The fourth-order valence-electron chi connectivity index (χ4n) is 1.81. The summed E-state index contributed by atoms with van der Waals surface area (Å²) in [6, 6.07) is 0.742. The molecule has 0 radical (unpaired) electrons. The molecule has 0 aliphatic rings. The predicted molar refractivity (Wildman–Crippen MR) is 76.1 cm³/mol. The Morgan fingerprint density at radius 3 is 2.43 bits per heavy atom. The van der Waals surface area contributed by atoms with E-state index in [9.17, 15) is 28.2 Å². The van der Waals surface area contributed by atoms with E-state index in [1.165, 1.54) is 4.90 Å². The molecule has 0 spiro atoms. The Kier molecular flexibility index (Phi) is 5.66. The van der Waals surface area contributed by atoms with Crippen LogP contribution in [0.3, 0.4) is 0 Å². The lowest BCUT2D eigenvalue weighted by molar-refractivity contribution is -0.387. The van der Waals surface area contributed by atoms with Crippen molar-refractivity contribution in [2.24, 2.45) is 5.18 Å². The molecule has 0 saturated carbocycles. The highest BCUT2D eigenvalue weighted by Gasteiger charge is 2.40. The Balaban J connectivity index is 3.22. The number of benzene rings is 1. The van der Waals surface area contributed by atoms with Crippen LogP contribution in [0.15, 0.2) is 29.6 Å². The number of hydrogen-bond acceptors (Lipinski definition) is 6. The number of nitro groups is 1. The molecule has 0 saturated heterocycles. The summed E-state index contributed by atoms with van der Waals surface area (Å²) in [7, 11) is 0. The zero-order chi connectivity index (χ0) is 17.8. The van der Waals surface area contributed by atoms with E-state index >= 15 is 0 Å². The van der Waals surface area contributed by atoms with E-state index in [4.69, 9.17) is 0 Å². The third-order valence-electron chi connectivity index (χ3n) is 3.04. The average Bonchev–Trinajstić information content (AvgIpc) is 2.47. The summed E-state index contributed by atoms with van der Waals surface area (Å²) in [6.45, 7) is 6.92. The van der Waals surface area contributed by atoms with E-state index in [0.717, 1.165) is 0 Å². The van der Waals surface area contributed by atoms with Crippen LogP contribution >= 0.6 is 0 Å². The van der Waals surface area contributed by atoms with Crippen molar-refractivity contribution in [1.29, 1.82) is 0 Å². The summed E-state index contributed by atoms with van der Waals surface area (Å²) < 4.78 is 46.0. The van der Waals surface area contributed by atoms with Gasteiger partial charge in [0.15, 0.2) is 11.4 Å². The number of likely N-dealkylation sites (N-methyl/N-ethyl adjacent to an activating group) is 1. The predicted octanol–water partition coefficient (Wildman–Crippen LogP) is 3.96. The number of halogens is 3. The van der Waals surface area contributed by atoms with E-state index in [-0.39, 0.29) is 13.1 Å². The van der Waals surface area contributed by atoms with Gasteiger partial charge in [-0.15, -0.1) is 4.91 Å². The quantitative estimate of drug-likeness (QED) is 0.408. The molecule has 1 aromatic carbocycles. The van der Waals surface area contributed by atoms with E-state index in [1.54, 1.807) is 13.8 Å². The zero-order valence-corrected chi connectivity index (χ0v) is 12.4. The van der Waals surface area contributed by atoms with Crippen LogP contribution in [0.1, 0.15) is 13.8 Å². The average molecular weight is 333 g/mol. The molecule has 0 bridgehead atoms. The molecule has 7 nitrogen and oxygen atoms in total. The molecule has 0 amide bonds. The minimum atomic E-state index is -3.95. The number of hydrogen-bond donors (Lipinski definition) is 0. The van der Waals surface area contributed by atoms with Crippen LogP contribution in [0.5, 0.6) is 5.75 Å². The highest BCUT2D eigenvalue weighted by Crippen LogP contribution is 2.38. The number of alkyl halides is 2. The summed E-state index contributed by atoms with van der Waals surface area (Å²) in [5.74, 6) is -2.34. The van der Waals surface area contributed by atoms with Gasteiger partial charge in [-0.3, -0.25) is 10.1 Å². The van der Waals surface area contributed by atoms with Gasteiger partial charge in [0.05, 0.1) is 11.0 Å². The van der Waals surface area contributed by atoms with Crippen molar-refractivity contribution in [2.45, 2.75) is 20.0 Å². The lowest BCUT2D eigenvalue weighted by atomic mass is 10.2. The van der Waals surface area contributed by atoms with Crippen LogP contribution in [0.25, 0.3) is 0 Å². The van der Waals surface area contributed by atoms with Crippen LogP contribution in [0.4, 0.5) is 24.5 Å². The number of nitrogens with zero attached hydrogens (tertiary/aromatic N) is 3. The first-order valence-corrected chi connectivity index (χ1v) is 6.50. The van der Waals surface area contributed by atoms with E-state index < -0.39 is 39.7 Å². The summed E-state index contributed by atoms with van der Waals surface area (Å²) in [6.07, 6.45) is -3.95. The maximum Gasteiger partial charge on any atom is 0.441 e. The van der Waals surface area contributed by atoms with Crippen molar-refractivity contribution >= 4 is 11.4 Å². The SMILES string of the molecule is C=C(N(CC)CC)C(F)(F)Oc1cc(F)c([N+](=O)[O-])cc1N=O. The largest absolute Gasteiger partial charge is 0.441 e. The van der Waals surface area contributed by atoms with Gasteiger partial charge in [0.25, 0.3) is 0 Å². The highest BCUT2D eigenvalue weighted by molar-refractivity contribution is 5.58. The molecule has 0 heterocycles. The van der Waals surface area contributed by atoms with Crippen LogP contribution < -0.4 is 4.74 Å². The molecule has 0 unspecified atom stereocenters. The van der Waals surface area contributed by atoms with Gasteiger partial charge in [-0.1, -0.05) is 6.58 Å². The topological polar surface area (TPSA) is 85.0 Å². The van der Waals surface area contributed by atoms with Gasteiger partial charge in [0, 0.05) is 19.2 Å². The summed E-state index contributed by atoms with van der Waals surface area (Å²) >= 11 is 0. The molecular weight excluding hydrogens is 319 g/mol. The van der Waals surface area contributed by atoms with Crippen molar-refractivity contribution < 1.29 is 22.8 Å². The molecule has 0 fully saturated rings. The molecule has 10 heteroatoms. The van der Waals surface area contributed by atoms with Crippen molar-refractivity contribution in [3.05, 3.63) is 45.2 Å². The Morgan fingerprint density at radius 2 is 2.00 bits per heavy atom. The minimum absolute atomic E-state index is 0.224. The van der Waals surface area contributed by atoms with Crippen LogP contribution in [-0.4, -0.2) is 29.0 Å². The van der Waals surface area contributed by atoms with Gasteiger partial charge in [-0.2, -0.15) is 13.2 Å². The Bertz CT molecular complexity index is 633. The first kappa shape index (κ1) is 18.4. The smallest absolute Gasteiger partial charge is 0.425 e. The lowest BCUT2D eigenvalue weighted by Crippen LogP contribution is -2.37. The molecule has 1 aromatic rings. The maximum absolute atomic E-state index is 14.1. The van der Waals surface area contributed by atoms with Crippen LogP contribution in [-0.2, 0) is 0 Å². The van der Waals surface area contributed by atoms with Crippen molar-refractivity contribution in [3.63, 3.8) is 0 Å². The molecule has 0 aromatic heterocycles. The van der Waals surface area contributed by atoms with Crippen LogP contribution in [0.2, 0.25) is 0 Å². The number of rotatable bonds is 8. The van der Waals surface area contributed by atoms with Crippen molar-refractivity contribution in [2.75, 3.05) is 13.1 Å². The van der Waals surface area contributed by atoms with Gasteiger partial charge in [0.2, 0.25) is 5.82 Å². The van der Waals surface area contributed by atoms with Gasteiger partial charge in [-0.05, 0) is 19.0 Å². The third kappa shape index (κ3) is 3.96. The van der Waals surface area contributed by atoms with E-state index in [2.05, 4.69) is 16.5 Å². The van der Waals surface area contributed by atoms with Crippen LogP contribution in [0, 0.1) is 20.8 Å². The minimum Gasteiger partial charge on any atom is -0.425 e. The van der Waals surface area contributed by atoms with Gasteiger partial charge in [0.1, 0.15) is 5.70 Å². The standard InChI is InChI=1S/C13H14F3N3O4/c1-4-18(5-2)8(3)13(15,16)23-12-6-9(14)11(19(21)22)7-10(12)17-20/h6-7H,3-5H2,1-2H3. The number of ether oxygens (including phenoxy) is 1. The van der Waals surface area contributed by atoms with E-state index in [0.29, 0.717) is 12.1 Å². The second-order valence-corrected chi connectivity index (χ2v) is 4.36. The van der Waals surface area contributed by atoms with Crippen molar-refractivity contribution in [1.82, 2.24) is 4.90 Å². The maximum atomic E-state index is 14.1. The second kappa shape index (κ2) is 7.07. The fourth-order valence-corrected chi connectivity index (χ4v) is 1.81. The molecule has 1 rings (SSSR count). The third-order valence-corrected chi connectivity index (χ3v) is 3.04. The first-order valence-electron chi connectivity index (χ1n) is 6.50. The second-order valence-electron chi connectivity index (χ2n) is 4.36. The molecule has 0 N–H and O–H groups in total. The zero-order valence-electron chi connectivity index (χ0n) is 12.4. The Hall–Kier alpha value is -2.65. The monoisotopic (exact) mass is 333 g/mol. The Morgan fingerprint density at radius 1 is 1.43 bits per heavy atom. The molecule has 126 valence electrons. The molecule has 0 aliphatic carbocycles. The molecule has 23 heavy (non-hydrogen) atoms. The van der Waals surface area contributed by atoms with Gasteiger partial charge in [-0.25, -0.2) is 0 Å². The Labute approximate surface area is 129 Å². The van der Waals surface area contributed by atoms with Gasteiger partial charge < -0.3 is 9.64 Å². The van der Waals surface area contributed by atoms with E-state index in [1.807, 2.05) is 0 Å². The first-order chi connectivity index (χ1) is 10.7. The molecule has 0 atom stereocenters.